The van der Waals surface area contributed by atoms with Crippen LogP contribution in [0.1, 0.15) is 20.9 Å². The summed E-state index contributed by atoms with van der Waals surface area (Å²) in [4.78, 5) is 20.5. The molecular formula is C8H12O7. The normalized spacial score (nSPS) is 7.73. The van der Waals surface area contributed by atoms with Gasteiger partial charge in [-0.2, -0.15) is 0 Å². The number of aliphatic hydroxyl groups excluding tert-OH is 2. The molecule has 0 atom stereocenters. The maximum absolute atomic E-state index is 10.3. The lowest BCUT2D eigenvalue weighted by Crippen LogP contribution is -2.03. The minimum Gasteiger partial charge on any atom is -0.478 e. The monoisotopic (exact) mass is 220 g/mol. The molecule has 1 rings (SSSR count). The first-order valence-corrected chi connectivity index (χ1v) is 3.56. The molecule has 0 saturated carbocycles. The molecule has 1 aromatic heterocycles. The standard InChI is InChI=1S/C6H4O5.2CH4O/c7-5(8)3-1-2-11-4(3)6(9)10;2*1-2/h1-2H,(H,7,8)(H,9,10);2*2H,1H3. The summed E-state index contributed by atoms with van der Waals surface area (Å²) in [7, 11) is 2.00. The molecular weight excluding hydrogens is 208 g/mol. The lowest BCUT2D eigenvalue weighted by molar-refractivity contribution is 0.0626. The predicted octanol–water partition coefficient (Wildman–Crippen LogP) is -0.107. The van der Waals surface area contributed by atoms with Crippen LogP contribution in [0.15, 0.2) is 16.7 Å². The van der Waals surface area contributed by atoms with Gasteiger partial charge in [0.25, 0.3) is 0 Å². The Morgan fingerprint density at radius 3 is 1.80 bits per heavy atom. The lowest BCUT2D eigenvalue weighted by Gasteiger charge is -1.88. The van der Waals surface area contributed by atoms with Crippen molar-refractivity contribution in [3.63, 3.8) is 0 Å². The molecule has 0 radical (unpaired) electrons. The molecule has 7 heteroatoms. The van der Waals surface area contributed by atoms with Crippen LogP contribution in [0.3, 0.4) is 0 Å². The van der Waals surface area contributed by atoms with E-state index in [0.717, 1.165) is 26.5 Å². The van der Waals surface area contributed by atoms with Crippen LogP contribution in [0, 0.1) is 0 Å². The number of carboxylic acids is 2. The Labute approximate surface area is 85.2 Å². The van der Waals surface area contributed by atoms with Crippen LogP contribution >= 0.6 is 0 Å². The Morgan fingerprint density at radius 1 is 1.07 bits per heavy atom. The van der Waals surface area contributed by atoms with Crippen LogP contribution < -0.4 is 0 Å². The van der Waals surface area contributed by atoms with Crippen molar-refractivity contribution in [1.29, 1.82) is 0 Å². The number of hydrogen-bond acceptors (Lipinski definition) is 5. The fraction of sp³-hybridized carbons (Fsp3) is 0.250. The van der Waals surface area contributed by atoms with Gasteiger partial charge in [-0.05, 0) is 6.07 Å². The smallest absolute Gasteiger partial charge is 0.372 e. The van der Waals surface area contributed by atoms with Crippen molar-refractivity contribution >= 4 is 11.9 Å². The van der Waals surface area contributed by atoms with E-state index in [0.29, 0.717) is 0 Å². The largest absolute Gasteiger partial charge is 0.478 e. The average Bonchev–Trinajstić information content (AvgIpc) is 2.72. The third-order valence-electron chi connectivity index (χ3n) is 1.09. The van der Waals surface area contributed by atoms with E-state index in [4.69, 9.17) is 20.4 Å². The van der Waals surface area contributed by atoms with E-state index in [2.05, 4.69) is 4.42 Å². The molecule has 0 saturated heterocycles. The third-order valence-corrected chi connectivity index (χ3v) is 1.09. The Bertz CT molecular complexity index is 273. The van der Waals surface area contributed by atoms with Gasteiger partial charge in [-0.25, -0.2) is 9.59 Å². The summed E-state index contributed by atoms with van der Waals surface area (Å²) >= 11 is 0. The number of hydrogen-bond donors (Lipinski definition) is 4. The summed E-state index contributed by atoms with van der Waals surface area (Å²) < 4.78 is 4.41. The SMILES string of the molecule is CO.CO.O=C(O)c1ccoc1C(=O)O. The molecule has 0 aliphatic rings. The minimum absolute atomic E-state index is 0.336. The van der Waals surface area contributed by atoms with Gasteiger partial charge < -0.3 is 24.8 Å². The molecule has 0 unspecified atom stereocenters. The van der Waals surface area contributed by atoms with Gasteiger partial charge in [-0.1, -0.05) is 0 Å². The summed E-state index contributed by atoms with van der Waals surface area (Å²) in [5.74, 6) is -3.24. The molecule has 86 valence electrons. The number of aliphatic hydroxyl groups is 2. The number of aromatic carboxylic acids is 2. The van der Waals surface area contributed by atoms with Crippen molar-refractivity contribution in [2.24, 2.45) is 0 Å². The molecule has 1 aromatic rings. The van der Waals surface area contributed by atoms with Gasteiger partial charge in [0.2, 0.25) is 5.76 Å². The zero-order valence-corrected chi connectivity index (χ0v) is 8.17. The molecule has 0 bridgehead atoms. The Balaban J connectivity index is 0. The molecule has 7 nitrogen and oxygen atoms in total. The molecule has 4 N–H and O–H groups in total. The highest BCUT2D eigenvalue weighted by Crippen LogP contribution is 2.09. The highest BCUT2D eigenvalue weighted by Gasteiger charge is 2.18. The summed E-state index contributed by atoms with van der Waals surface area (Å²) in [5, 5.41) is 30.7. The number of rotatable bonds is 2. The molecule has 0 fully saturated rings. The molecule has 0 aromatic carbocycles. The van der Waals surface area contributed by atoms with Crippen LogP contribution in [0.5, 0.6) is 0 Å². The molecule has 15 heavy (non-hydrogen) atoms. The second kappa shape index (κ2) is 8.73. The maximum atomic E-state index is 10.3. The van der Waals surface area contributed by atoms with Crippen LogP contribution in [0.25, 0.3) is 0 Å². The van der Waals surface area contributed by atoms with Crippen molar-refractivity contribution in [1.82, 2.24) is 0 Å². The fourth-order valence-electron chi connectivity index (χ4n) is 0.643. The van der Waals surface area contributed by atoms with E-state index >= 15 is 0 Å². The Hall–Kier alpha value is -1.86. The molecule has 1 heterocycles. The molecule has 0 aliphatic heterocycles. The molecule has 0 amide bonds. The van der Waals surface area contributed by atoms with Crippen molar-refractivity contribution < 1.29 is 34.4 Å². The van der Waals surface area contributed by atoms with Gasteiger partial charge in [-0.15, -0.1) is 0 Å². The van der Waals surface area contributed by atoms with E-state index in [1.165, 1.54) is 0 Å². The first-order chi connectivity index (χ1) is 7.13. The third kappa shape index (κ3) is 4.79. The maximum Gasteiger partial charge on any atom is 0.372 e. The van der Waals surface area contributed by atoms with Gasteiger partial charge in [0.1, 0.15) is 5.56 Å². The first-order valence-electron chi connectivity index (χ1n) is 3.56. The van der Waals surface area contributed by atoms with Gasteiger partial charge in [0.05, 0.1) is 6.26 Å². The highest BCUT2D eigenvalue weighted by atomic mass is 16.4. The number of carboxylic acid groups (broad SMARTS) is 2. The zero-order valence-electron chi connectivity index (χ0n) is 8.17. The summed E-state index contributed by atoms with van der Waals surface area (Å²) in [5.41, 5.74) is -0.336. The van der Waals surface area contributed by atoms with E-state index in [1.54, 1.807) is 0 Å². The second-order valence-corrected chi connectivity index (χ2v) is 1.77. The topological polar surface area (TPSA) is 128 Å². The van der Waals surface area contributed by atoms with Crippen LogP contribution in [0.2, 0.25) is 0 Å². The van der Waals surface area contributed by atoms with Gasteiger partial charge >= 0.3 is 11.9 Å². The summed E-state index contributed by atoms with van der Waals surface area (Å²) in [6.45, 7) is 0. The van der Waals surface area contributed by atoms with Crippen molar-refractivity contribution in [3.05, 3.63) is 23.7 Å². The zero-order chi connectivity index (χ0) is 12.4. The fourth-order valence-corrected chi connectivity index (χ4v) is 0.643. The van der Waals surface area contributed by atoms with E-state index < -0.39 is 17.7 Å². The van der Waals surface area contributed by atoms with E-state index in [9.17, 15) is 9.59 Å². The Morgan fingerprint density at radius 2 is 1.53 bits per heavy atom. The van der Waals surface area contributed by atoms with Gasteiger partial charge in [0.15, 0.2) is 0 Å². The van der Waals surface area contributed by atoms with Crippen molar-refractivity contribution in [2.45, 2.75) is 0 Å². The average molecular weight is 220 g/mol. The van der Waals surface area contributed by atoms with Crippen molar-refractivity contribution in [3.8, 4) is 0 Å². The number of carbonyl (C=O) groups is 2. The highest BCUT2D eigenvalue weighted by molar-refractivity contribution is 5.99. The van der Waals surface area contributed by atoms with Crippen LogP contribution in [-0.4, -0.2) is 46.6 Å². The van der Waals surface area contributed by atoms with Gasteiger partial charge in [-0.3, -0.25) is 0 Å². The predicted molar refractivity (Wildman–Crippen MR) is 48.9 cm³/mol. The first kappa shape index (κ1) is 15.6. The lowest BCUT2D eigenvalue weighted by atomic mass is 10.2. The summed E-state index contributed by atoms with van der Waals surface area (Å²) in [6, 6.07) is 1.09. The number of furan rings is 1. The second-order valence-electron chi connectivity index (χ2n) is 1.77. The van der Waals surface area contributed by atoms with E-state index in [1.807, 2.05) is 0 Å². The Kier molecular flexibility index (Phi) is 9.08. The minimum atomic E-state index is -1.38. The van der Waals surface area contributed by atoms with Crippen molar-refractivity contribution in [2.75, 3.05) is 14.2 Å². The molecule has 0 aliphatic carbocycles. The van der Waals surface area contributed by atoms with Crippen LogP contribution in [-0.2, 0) is 0 Å². The molecule has 0 spiro atoms. The van der Waals surface area contributed by atoms with E-state index in [-0.39, 0.29) is 5.56 Å². The van der Waals surface area contributed by atoms with Gasteiger partial charge in [0, 0.05) is 14.2 Å². The quantitative estimate of drug-likeness (QED) is 0.547. The summed E-state index contributed by atoms with van der Waals surface area (Å²) in [6.07, 6.45) is 1.02. The van der Waals surface area contributed by atoms with Crippen LogP contribution in [0.4, 0.5) is 0 Å².